The van der Waals surface area contributed by atoms with E-state index in [1.165, 1.54) is 0 Å². The normalized spacial score (nSPS) is 12.5. The lowest BCUT2D eigenvalue weighted by Gasteiger charge is -2.25. The molecule has 0 saturated carbocycles. The minimum atomic E-state index is -3.58. The molecule has 0 aromatic heterocycles. The lowest BCUT2D eigenvalue weighted by Crippen LogP contribution is -2.41. The van der Waals surface area contributed by atoms with Gasteiger partial charge in [-0.25, -0.2) is 8.42 Å². The molecule has 1 unspecified atom stereocenters. The third-order valence-corrected chi connectivity index (χ3v) is 5.48. The molecule has 0 aliphatic carbocycles. The van der Waals surface area contributed by atoms with Crippen LogP contribution in [0.5, 0.6) is 0 Å². The lowest BCUT2D eigenvalue weighted by molar-refractivity contribution is -0.120. The van der Waals surface area contributed by atoms with Crippen LogP contribution in [0, 0.1) is 20.8 Å². The Labute approximate surface area is 156 Å². The minimum Gasteiger partial charge on any atom is -0.348 e. The second kappa shape index (κ2) is 7.91. The van der Waals surface area contributed by atoms with E-state index >= 15 is 0 Å². The van der Waals surface area contributed by atoms with Gasteiger partial charge in [0.2, 0.25) is 15.9 Å². The Kier molecular flexibility index (Phi) is 6.08. The number of hydrogen-bond donors (Lipinski definition) is 1. The summed E-state index contributed by atoms with van der Waals surface area (Å²) in [7, 11) is -3.58. The number of anilines is 1. The first-order valence-corrected chi connectivity index (χ1v) is 10.3. The average Bonchev–Trinajstić information content (AvgIpc) is 2.54. The first kappa shape index (κ1) is 20.0. The number of carbonyl (C=O) groups is 1. The van der Waals surface area contributed by atoms with Crippen LogP contribution >= 0.6 is 0 Å². The van der Waals surface area contributed by atoms with Crippen molar-refractivity contribution in [1.82, 2.24) is 5.32 Å². The van der Waals surface area contributed by atoms with Crippen LogP contribution in [0.15, 0.2) is 42.5 Å². The number of rotatable bonds is 6. The fourth-order valence-corrected chi connectivity index (χ4v) is 3.86. The van der Waals surface area contributed by atoms with Crippen molar-refractivity contribution in [3.05, 3.63) is 64.7 Å². The molecule has 2 aromatic rings. The topological polar surface area (TPSA) is 66.5 Å². The highest BCUT2D eigenvalue weighted by Crippen LogP contribution is 2.22. The largest absolute Gasteiger partial charge is 0.348 e. The van der Waals surface area contributed by atoms with Gasteiger partial charge in [-0.15, -0.1) is 0 Å². The van der Waals surface area contributed by atoms with E-state index in [0.717, 1.165) is 32.8 Å². The van der Waals surface area contributed by atoms with Gasteiger partial charge in [-0.05, 0) is 50.5 Å². The highest BCUT2D eigenvalue weighted by Gasteiger charge is 2.23. The Balaban J connectivity index is 2.20. The van der Waals surface area contributed by atoms with Crippen molar-refractivity contribution >= 4 is 21.6 Å². The molecule has 2 aromatic carbocycles. The number of aryl methyl sites for hydroxylation is 3. The molecule has 0 fully saturated rings. The van der Waals surface area contributed by atoms with Crippen molar-refractivity contribution in [2.45, 2.75) is 33.7 Å². The Morgan fingerprint density at radius 3 is 2.35 bits per heavy atom. The van der Waals surface area contributed by atoms with Gasteiger partial charge in [-0.3, -0.25) is 9.10 Å². The fraction of sp³-hybridized carbons (Fsp3) is 0.350. The van der Waals surface area contributed by atoms with Crippen LogP contribution in [0.4, 0.5) is 5.69 Å². The summed E-state index contributed by atoms with van der Waals surface area (Å²) in [6.07, 6.45) is 1.11. The van der Waals surface area contributed by atoms with Crippen molar-refractivity contribution in [1.29, 1.82) is 0 Å². The maximum Gasteiger partial charge on any atom is 0.241 e. The molecule has 26 heavy (non-hydrogen) atoms. The van der Waals surface area contributed by atoms with E-state index < -0.39 is 10.0 Å². The monoisotopic (exact) mass is 374 g/mol. The summed E-state index contributed by atoms with van der Waals surface area (Å²) in [4.78, 5) is 12.5. The molecule has 1 amide bonds. The quantitative estimate of drug-likeness (QED) is 0.844. The summed E-state index contributed by atoms with van der Waals surface area (Å²) in [5.74, 6) is -0.341. The van der Waals surface area contributed by atoms with Crippen LogP contribution in [0.3, 0.4) is 0 Å². The van der Waals surface area contributed by atoms with Gasteiger partial charge >= 0.3 is 0 Å². The lowest BCUT2D eigenvalue weighted by atomic mass is 10.00. The molecule has 6 heteroatoms. The SMILES string of the molecule is Cc1ccc(C)c(C(C)NC(=O)CN(c2ccccc2C)S(C)(=O)=O)c1. The second-order valence-electron chi connectivity index (χ2n) is 6.71. The van der Waals surface area contributed by atoms with Crippen LogP contribution < -0.4 is 9.62 Å². The average molecular weight is 375 g/mol. The van der Waals surface area contributed by atoms with Gasteiger partial charge in [-0.2, -0.15) is 0 Å². The van der Waals surface area contributed by atoms with Gasteiger partial charge in [-0.1, -0.05) is 42.0 Å². The Morgan fingerprint density at radius 1 is 1.08 bits per heavy atom. The first-order chi connectivity index (χ1) is 12.1. The molecular weight excluding hydrogens is 348 g/mol. The van der Waals surface area contributed by atoms with Crippen molar-refractivity contribution in [3.63, 3.8) is 0 Å². The van der Waals surface area contributed by atoms with Crippen molar-refractivity contribution in [3.8, 4) is 0 Å². The highest BCUT2D eigenvalue weighted by atomic mass is 32.2. The highest BCUT2D eigenvalue weighted by molar-refractivity contribution is 7.92. The first-order valence-electron chi connectivity index (χ1n) is 8.49. The zero-order chi connectivity index (χ0) is 19.5. The maximum absolute atomic E-state index is 12.5. The van der Waals surface area contributed by atoms with Crippen molar-refractivity contribution in [2.75, 3.05) is 17.1 Å². The molecule has 0 aliphatic heterocycles. The number of benzene rings is 2. The molecule has 2 rings (SSSR count). The van der Waals surface area contributed by atoms with E-state index in [-0.39, 0.29) is 18.5 Å². The zero-order valence-corrected chi connectivity index (χ0v) is 16.7. The third-order valence-electron chi connectivity index (χ3n) is 4.35. The number of hydrogen-bond acceptors (Lipinski definition) is 3. The molecule has 0 bridgehead atoms. The number of para-hydroxylation sites is 1. The standard InChI is InChI=1S/C20H26N2O3S/c1-14-10-11-15(2)18(12-14)17(4)21-20(23)13-22(26(5,24)25)19-9-7-6-8-16(19)3/h6-12,17H,13H2,1-5H3,(H,21,23). The third kappa shape index (κ3) is 4.85. The van der Waals surface area contributed by atoms with Gasteiger partial charge in [0, 0.05) is 0 Å². The van der Waals surface area contributed by atoms with Crippen LogP contribution in [0.1, 0.15) is 35.2 Å². The van der Waals surface area contributed by atoms with Crippen molar-refractivity contribution in [2.24, 2.45) is 0 Å². The molecule has 140 valence electrons. The van der Waals surface area contributed by atoms with Gasteiger partial charge in [0.25, 0.3) is 0 Å². The number of sulfonamides is 1. The summed E-state index contributed by atoms with van der Waals surface area (Å²) >= 11 is 0. The summed E-state index contributed by atoms with van der Waals surface area (Å²) in [5.41, 5.74) is 4.55. The van der Waals surface area contributed by atoms with Crippen LogP contribution in [-0.4, -0.2) is 27.1 Å². The van der Waals surface area contributed by atoms with Gasteiger partial charge < -0.3 is 5.32 Å². The molecule has 1 atom stereocenters. The molecular formula is C20H26N2O3S. The van der Waals surface area contributed by atoms with Crippen molar-refractivity contribution < 1.29 is 13.2 Å². The van der Waals surface area contributed by atoms with Gasteiger partial charge in [0.05, 0.1) is 18.0 Å². The molecule has 5 nitrogen and oxygen atoms in total. The van der Waals surface area contributed by atoms with Crippen LogP contribution in [-0.2, 0) is 14.8 Å². The van der Waals surface area contributed by atoms with E-state index in [1.54, 1.807) is 12.1 Å². The van der Waals surface area contributed by atoms with Gasteiger partial charge in [0.15, 0.2) is 0 Å². The number of carbonyl (C=O) groups excluding carboxylic acids is 1. The Hall–Kier alpha value is -2.34. The second-order valence-corrected chi connectivity index (χ2v) is 8.61. The summed E-state index contributed by atoms with van der Waals surface area (Å²) < 4.78 is 25.6. The maximum atomic E-state index is 12.5. The summed E-state index contributed by atoms with van der Waals surface area (Å²) in [6.45, 7) is 7.47. The molecule has 0 spiro atoms. The van der Waals surface area contributed by atoms with E-state index in [0.29, 0.717) is 5.69 Å². The predicted molar refractivity (Wildman–Crippen MR) is 106 cm³/mol. The van der Waals surface area contributed by atoms with Crippen LogP contribution in [0.2, 0.25) is 0 Å². The molecule has 0 heterocycles. The molecule has 0 aliphatic rings. The molecule has 0 radical (unpaired) electrons. The zero-order valence-electron chi connectivity index (χ0n) is 15.9. The summed E-state index contributed by atoms with van der Waals surface area (Å²) in [5, 5.41) is 2.91. The van der Waals surface area contributed by atoms with E-state index in [9.17, 15) is 13.2 Å². The predicted octanol–water partition coefficient (Wildman–Crippen LogP) is 3.26. The fourth-order valence-electron chi connectivity index (χ4n) is 2.95. The Morgan fingerprint density at radius 2 is 1.73 bits per heavy atom. The molecule has 1 N–H and O–H groups in total. The number of nitrogens with one attached hydrogen (secondary N) is 1. The number of amides is 1. The minimum absolute atomic E-state index is 0.208. The number of nitrogens with zero attached hydrogens (tertiary/aromatic N) is 1. The van der Waals surface area contributed by atoms with E-state index in [4.69, 9.17) is 0 Å². The van der Waals surface area contributed by atoms with Gasteiger partial charge in [0.1, 0.15) is 6.54 Å². The molecule has 0 saturated heterocycles. The summed E-state index contributed by atoms with van der Waals surface area (Å²) in [6, 6.07) is 13.0. The van der Waals surface area contributed by atoms with E-state index in [2.05, 4.69) is 5.32 Å². The van der Waals surface area contributed by atoms with Crippen LogP contribution in [0.25, 0.3) is 0 Å². The Bertz CT molecular complexity index is 907. The smallest absolute Gasteiger partial charge is 0.241 e. The van der Waals surface area contributed by atoms with E-state index in [1.807, 2.05) is 58.0 Å².